The van der Waals surface area contributed by atoms with Crippen molar-refractivity contribution < 1.29 is 24.1 Å². The predicted octanol–water partition coefficient (Wildman–Crippen LogP) is 1.95. The monoisotopic (exact) mass is 306 g/mol. The lowest BCUT2D eigenvalue weighted by molar-refractivity contribution is 0.0689. The fraction of sp³-hybridized carbons (Fsp3) is 0.333. The first kappa shape index (κ1) is 15.8. The Morgan fingerprint density at radius 3 is 2.36 bits per heavy atom. The molecule has 0 aliphatic heterocycles. The lowest BCUT2D eigenvalue weighted by Gasteiger charge is -2.14. The van der Waals surface area contributed by atoms with Crippen LogP contribution < -0.4 is 9.47 Å². The quantitative estimate of drug-likeness (QED) is 0.878. The topological polar surface area (TPSA) is 82.8 Å². The summed E-state index contributed by atoms with van der Waals surface area (Å²) in [7, 11) is 6.39. The van der Waals surface area contributed by atoms with Crippen LogP contribution in [0.25, 0.3) is 11.3 Å². The summed E-state index contributed by atoms with van der Waals surface area (Å²) in [6.07, 6.45) is 0. The van der Waals surface area contributed by atoms with Crippen molar-refractivity contribution in [2.45, 2.75) is 6.61 Å². The summed E-state index contributed by atoms with van der Waals surface area (Å²) >= 11 is 0. The zero-order valence-electron chi connectivity index (χ0n) is 12.9. The number of aromatic carboxylic acids is 1. The van der Waals surface area contributed by atoms with Crippen molar-refractivity contribution in [2.75, 3.05) is 21.3 Å². The van der Waals surface area contributed by atoms with Gasteiger partial charge in [0.15, 0.2) is 5.69 Å². The molecular formula is C15H18N2O5. The Kier molecular flexibility index (Phi) is 4.67. The number of methoxy groups -OCH3 is 3. The standard InChI is InChI=1S/C15H18N2O5/c1-17-12(6-11(16-17)15(18)19)10-5-9(8-20-2)13(21-3)7-14(10)22-4/h5-7H,8H2,1-4H3,(H,18,19). The van der Waals surface area contributed by atoms with E-state index in [4.69, 9.17) is 19.3 Å². The average molecular weight is 306 g/mol. The third kappa shape index (κ3) is 2.89. The van der Waals surface area contributed by atoms with Crippen LogP contribution >= 0.6 is 0 Å². The van der Waals surface area contributed by atoms with E-state index in [9.17, 15) is 4.79 Å². The van der Waals surface area contributed by atoms with Gasteiger partial charge in [0.2, 0.25) is 0 Å². The normalized spacial score (nSPS) is 10.5. The number of benzene rings is 1. The number of carboxylic acid groups (broad SMARTS) is 1. The maximum Gasteiger partial charge on any atom is 0.356 e. The first-order valence-electron chi connectivity index (χ1n) is 6.53. The van der Waals surface area contributed by atoms with E-state index in [0.717, 1.165) is 11.1 Å². The highest BCUT2D eigenvalue weighted by atomic mass is 16.5. The number of rotatable bonds is 6. The van der Waals surface area contributed by atoms with Crippen LogP contribution in [-0.4, -0.2) is 42.2 Å². The van der Waals surface area contributed by atoms with Crippen molar-refractivity contribution in [3.05, 3.63) is 29.5 Å². The van der Waals surface area contributed by atoms with E-state index < -0.39 is 5.97 Å². The van der Waals surface area contributed by atoms with Gasteiger partial charge in [-0.25, -0.2) is 4.79 Å². The highest BCUT2D eigenvalue weighted by Crippen LogP contribution is 2.36. The van der Waals surface area contributed by atoms with Crippen LogP contribution in [0.15, 0.2) is 18.2 Å². The van der Waals surface area contributed by atoms with E-state index in [-0.39, 0.29) is 5.69 Å². The van der Waals surface area contributed by atoms with Gasteiger partial charge in [-0.1, -0.05) is 0 Å². The maximum atomic E-state index is 11.1. The number of aryl methyl sites for hydroxylation is 1. The second kappa shape index (κ2) is 6.48. The van der Waals surface area contributed by atoms with Crippen LogP contribution in [0.4, 0.5) is 0 Å². The van der Waals surface area contributed by atoms with Gasteiger partial charge in [-0.3, -0.25) is 4.68 Å². The SMILES string of the molecule is COCc1cc(-c2cc(C(=O)O)nn2C)c(OC)cc1OC. The molecule has 0 radical (unpaired) electrons. The zero-order chi connectivity index (χ0) is 16.3. The summed E-state index contributed by atoms with van der Waals surface area (Å²) in [5.74, 6) is 0.131. The van der Waals surface area contributed by atoms with Crippen molar-refractivity contribution in [1.82, 2.24) is 9.78 Å². The molecule has 7 heteroatoms. The van der Waals surface area contributed by atoms with E-state index in [2.05, 4.69) is 5.10 Å². The Bertz CT molecular complexity index is 693. The molecule has 1 N–H and O–H groups in total. The molecule has 0 spiro atoms. The average Bonchev–Trinajstić information content (AvgIpc) is 2.89. The Morgan fingerprint density at radius 2 is 1.86 bits per heavy atom. The molecule has 0 unspecified atom stereocenters. The smallest absolute Gasteiger partial charge is 0.356 e. The summed E-state index contributed by atoms with van der Waals surface area (Å²) < 4.78 is 17.4. The van der Waals surface area contributed by atoms with Gasteiger partial charge in [0, 0.05) is 31.4 Å². The number of carbonyl (C=O) groups is 1. The van der Waals surface area contributed by atoms with Crippen LogP contribution in [0.1, 0.15) is 16.1 Å². The number of nitrogens with zero attached hydrogens (tertiary/aromatic N) is 2. The minimum atomic E-state index is -1.08. The van der Waals surface area contributed by atoms with Gasteiger partial charge in [0.1, 0.15) is 11.5 Å². The van der Waals surface area contributed by atoms with Crippen LogP contribution in [0.5, 0.6) is 11.5 Å². The molecule has 22 heavy (non-hydrogen) atoms. The molecule has 0 fully saturated rings. The van der Waals surface area contributed by atoms with Crippen molar-refractivity contribution >= 4 is 5.97 Å². The fourth-order valence-electron chi connectivity index (χ4n) is 2.26. The molecule has 7 nitrogen and oxygen atoms in total. The predicted molar refractivity (Wildman–Crippen MR) is 79.4 cm³/mol. The van der Waals surface area contributed by atoms with Crippen LogP contribution in [0.3, 0.4) is 0 Å². The second-order valence-electron chi connectivity index (χ2n) is 4.64. The van der Waals surface area contributed by atoms with Gasteiger partial charge < -0.3 is 19.3 Å². The summed E-state index contributed by atoms with van der Waals surface area (Å²) in [5, 5.41) is 13.0. The van der Waals surface area contributed by atoms with Gasteiger partial charge in [0.25, 0.3) is 0 Å². The molecule has 0 bridgehead atoms. The van der Waals surface area contributed by atoms with Crippen LogP contribution in [0.2, 0.25) is 0 Å². The number of carboxylic acids is 1. The Hall–Kier alpha value is -2.54. The minimum Gasteiger partial charge on any atom is -0.496 e. The largest absolute Gasteiger partial charge is 0.496 e. The molecule has 0 amide bonds. The van der Waals surface area contributed by atoms with Gasteiger partial charge in [-0.15, -0.1) is 0 Å². The number of hydrogen-bond donors (Lipinski definition) is 1. The summed E-state index contributed by atoms with van der Waals surface area (Å²) in [4.78, 5) is 11.1. The fourth-order valence-corrected chi connectivity index (χ4v) is 2.26. The molecule has 1 aromatic heterocycles. The molecule has 1 heterocycles. The molecule has 1 aromatic carbocycles. The van der Waals surface area contributed by atoms with Crippen molar-refractivity contribution in [3.8, 4) is 22.8 Å². The first-order chi connectivity index (χ1) is 10.5. The van der Waals surface area contributed by atoms with Gasteiger partial charge in [-0.05, 0) is 12.1 Å². The third-order valence-corrected chi connectivity index (χ3v) is 3.28. The van der Waals surface area contributed by atoms with Crippen LogP contribution in [-0.2, 0) is 18.4 Å². The highest BCUT2D eigenvalue weighted by Gasteiger charge is 2.18. The zero-order valence-corrected chi connectivity index (χ0v) is 12.9. The Balaban J connectivity index is 2.62. The third-order valence-electron chi connectivity index (χ3n) is 3.28. The lowest BCUT2D eigenvalue weighted by atomic mass is 10.1. The maximum absolute atomic E-state index is 11.1. The van der Waals surface area contributed by atoms with E-state index >= 15 is 0 Å². The molecule has 0 saturated carbocycles. The summed E-state index contributed by atoms with van der Waals surface area (Å²) in [5.41, 5.74) is 2.16. The molecule has 2 rings (SSSR count). The lowest BCUT2D eigenvalue weighted by Crippen LogP contribution is -2.01. The van der Waals surface area contributed by atoms with E-state index in [0.29, 0.717) is 23.8 Å². The number of ether oxygens (including phenoxy) is 3. The second-order valence-corrected chi connectivity index (χ2v) is 4.64. The number of hydrogen-bond acceptors (Lipinski definition) is 5. The van der Waals surface area contributed by atoms with Crippen molar-refractivity contribution in [1.29, 1.82) is 0 Å². The van der Waals surface area contributed by atoms with E-state index in [1.54, 1.807) is 34.4 Å². The van der Waals surface area contributed by atoms with Gasteiger partial charge >= 0.3 is 5.97 Å². The minimum absolute atomic E-state index is 0.0244. The highest BCUT2D eigenvalue weighted by molar-refractivity contribution is 5.87. The summed E-state index contributed by atoms with van der Waals surface area (Å²) in [6, 6.07) is 5.10. The molecular weight excluding hydrogens is 288 g/mol. The van der Waals surface area contributed by atoms with E-state index in [1.807, 2.05) is 6.07 Å². The van der Waals surface area contributed by atoms with Crippen LogP contribution in [0, 0.1) is 0 Å². The molecule has 2 aromatic rings. The molecule has 0 saturated heterocycles. The van der Waals surface area contributed by atoms with Crippen molar-refractivity contribution in [3.63, 3.8) is 0 Å². The first-order valence-corrected chi connectivity index (χ1v) is 6.53. The Labute approximate surface area is 128 Å². The van der Waals surface area contributed by atoms with Gasteiger partial charge in [0.05, 0.1) is 26.5 Å². The molecule has 0 aliphatic rings. The number of aromatic nitrogens is 2. The summed E-state index contributed by atoms with van der Waals surface area (Å²) in [6.45, 7) is 0.365. The van der Waals surface area contributed by atoms with E-state index in [1.165, 1.54) is 10.7 Å². The van der Waals surface area contributed by atoms with Gasteiger partial charge in [-0.2, -0.15) is 5.10 Å². The van der Waals surface area contributed by atoms with Crippen molar-refractivity contribution in [2.24, 2.45) is 7.05 Å². The molecule has 118 valence electrons. The molecule has 0 aliphatic carbocycles. The molecule has 0 atom stereocenters. The Morgan fingerprint density at radius 1 is 1.18 bits per heavy atom.